The monoisotopic (exact) mass is 292 g/mol. The molecule has 0 atom stereocenters. The summed E-state index contributed by atoms with van der Waals surface area (Å²) in [6.45, 7) is 3.16. The fourth-order valence-electron chi connectivity index (χ4n) is 2.20. The molecule has 0 spiro atoms. The smallest absolute Gasteiger partial charge is 0.0606 e. The minimum atomic E-state index is 0.0533. The Kier molecular flexibility index (Phi) is 5.00. The van der Waals surface area contributed by atoms with E-state index in [0.29, 0.717) is 13.1 Å². The van der Waals surface area contributed by atoms with Gasteiger partial charge in [0.25, 0.3) is 0 Å². The van der Waals surface area contributed by atoms with Crippen molar-refractivity contribution in [2.75, 3.05) is 36.9 Å². The highest BCUT2D eigenvalue weighted by molar-refractivity contribution is 7.13. The van der Waals surface area contributed by atoms with Crippen molar-refractivity contribution in [2.24, 2.45) is 0 Å². The molecular formula is C15H20N2O2S. The first-order valence-electron chi connectivity index (χ1n) is 6.58. The molecule has 0 saturated heterocycles. The minimum Gasteiger partial charge on any atom is -0.398 e. The molecule has 0 amide bonds. The molecule has 4 nitrogen and oxygen atoms in total. The summed E-state index contributed by atoms with van der Waals surface area (Å²) in [5, 5.41) is 20.3. The summed E-state index contributed by atoms with van der Waals surface area (Å²) in [4.78, 5) is 3.11. The van der Waals surface area contributed by atoms with Crippen LogP contribution in [0.1, 0.15) is 5.56 Å². The number of nitrogen functional groups attached to an aromatic ring is 1. The Morgan fingerprint density at radius 2 is 1.85 bits per heavy atom. The predicted octanol–water partition coefficient (Wildman–Crippen LogP) is 2.10. The average molecular weight is 292 g/mol. The quantitative estimate of drug-likeness (QED) is 0.713. The third-order valence-corrected chi connectivity index (χ3v) is 4.30. The van der Waals surface area contributed by atoms with E-state index in [-0.39, 0.29) is 13.2 Å². The molecule has 0 bridgehead atoms. The highest BCUT2D eigenvalue weighted by Gasteiger charge is 2.11. The molecule has 0 radical (unpaired) electrons. The maximum atomic E-state index is 9.13. The van der Waals surface area contributed by atoms with Crippen molar-refractivity contribution in [3.63, 3.8) is 0 Å². The van der Waals surface area contributed by atoms with E-state index in [1.54, 1.807) is 11.3 Å². The van der Waals surface area contributed by atoms with Gasteiger partial charge in [-0.3, -0.25) is 0 Å². The molecule has 4 N–H and O–H groups in total. The largest absolute Gasteiger partial charge is 0.398 e. The number of hydrogen-bond acceptors (Lipinski definition) is 5. The number of nitrogens with zero attached hydrogens (tertiary/aromatic N) is 1. The standard InChI is InChI=1S/C15H20N2O2S/c1-11-4-9-20-15(11)13-10-12(2-3-14(13)16)17(5-7-18)6-8-19/h2-4,9-10,18-19H,5-8,16H2,1H3. The number of rotatable bonds is 6. The molecule has 5 heteroatoms. The Morgan fingerprint density at radius 3 is 2.40 bits per heavy atom. The third kappa shape index (κ3) is 3.12. The van der Waals surface area contributed by atoms with Gasteiger partial charge in [0.15, 0.2) is 0 Å². The highest BCUT2D eigenvalue weighted by atomic mass is 32.1. The molecule has 1 aromatic carbocycles. The van der Waals surface area contributed by atoms with Gasteiger partial charge in [-0.15, -0.1) is 11.3 Å². The first-order chi connectivity index (χ1) is 9.67. The van der Waals surface area contributed by atoms with E-state index >= 15 is 0 Å². The third-order valence-electron chi connectivity index (χ3n) is 3.25. The van der Waals surface area contributed by atoms with E-state index in [1.165, 1.54) is 5.56 Å². The fourth-order valence-corrected chi connectivity index (χ4v) is 3.16. The van der Waals surface area contributed by atoms with Crippen LogP contribution in [0.15, 0.2) is 29.6 Å². The van der Waals surface area contributed by atoms with Gasteiger partial charge in [0.2, 0.25) is 0 Å². The van der Waals surface area contributed by atoms with Gasteiger partial charge in [-0.2, -0.15) is 0 Å². The van der Waals surface area contributed by atoms with Crippen LogP contribution in [0.5, 0.6) is 0 Å². The second kappa shape index (κ2) is 6.74. The molecule has 0 aliphatic heterocycles. The molecule has 1 heterocycles. The molecule has 0 saturated carbocycles. The summed E-state index contributed by atoms with van der Waals surface area (Å²) in [5.74, 6) is 0. The number of benzene rings is 1. The number of anilines is 2. The van der Waals surface area contributed by atoms with E-state index < -0.39 is 0 Å². The van der Waals surface area contributed by atoms with Gasteiger partial charge >= 0.3 is 0 Å². The topological polar surface area (TPSA) is 69.7 Å². The summed E-state index contributed by atoms with van der Waals surface area (Å²) < 4.78 is 0. The Balaban J connectivity index is 2.39. The van der Waals surface area contributed by atoms with Crippen LogP contribution in [-0.2, 0) is 0 Å². The van der Waals surface area contributed by atoms with E-state index in [2.05, 4.69) is 18.4 Å². The van der Waals surface area contributed by atoms with E-state index in [0.717, 1.165) is 21.8 Å². The van der Waals surface area contributed by atoms with Crippen LogP contribution in [0.3, 0.4) is 0 Å². The van der Waals surface area contributed by atoms with Gasteiger partial charge in [0.1, 0.15) is 0 Å². The second-order valence-electron chi connectivity index (χ2n) is 4.64. The number of nitrogens with two attached hydrogens (primary N) is 1. The van der Waals surface area contributed by atoms with Crippen LogP contribution in [-0.4, -0.2) is 36.5 Å². The Labute approximate surface area is 123 Å². The van der Waals surface area contributed by atoms with Crippen molar-refractivity contribution in [3.05, 3.63) is 35.2 Å². The predicted molar refractivity (Wildman–Crippen MR) is 85.3 cm³/mol. The van der Waals surface area contributed by atoms with Gasteiger partial charge < -0.3 is 20.8 Å². The summed E-state index contributed by atoms with van der Waals surface area (Å²) in [5.41, 5.74) is 10.0. The second-order valence-corrected chi connectivity index (χ2v) is 5.55. The van der Waals surface area contributed by atoms with E-state index in [9.17, 15) is 0 Å². The van der Waals surface area contributed by atoms with Gasteiger partial charge in [0.05, 0.1) is 13.2 Å². The van der Waals surface area contributed by atoms with Crippen molar-refractivity contribution in [1.29, 1.82) is 0 Å². The van der Waals surface area contributed by atoms with Crippen molar-refractivity contribution in [1.82, 2.24) is 0 Å². The lowest BCUT2D eigenvalue weighted by Gasteiger charge is -2.24. The molecule has 0 fully saturated rings. The molecule has 1 aromatic heterocycles. The number of thiophene rings is 1. The van der Waals surface area contributed by atoms with Crippen LogP contribution in [0.2, 0.25) is 0 Å². The Morgan fingerprint density at radius 1 is 1.15 bits per heavy atom. The van der Waals surface area contributed by atoms with Crippen LogP contribution in [0.4, 0.5) is 11.4 Å². The van der Waals surface area contributed by atoms with Crippen LogP contribution in [0, 0.1) is 6.92 Å². The number of hydrogen-bond donors (Lipinski definition) is 3. The maximum Gasteiger partial charge on any atom is 0.0606 e. The van der Waals surface area contributed by atoms with E-state index in [1.807, 2.05) is 23.1 Å². The molecule has 2 rings (SSSR count). The summed E-state index contributed by atoms with van der Waals surface area (Å²) in [6, 6.07) is 7.91. The van der Waals surface area contributed by atoms with E-state index in [4.69, 9.17) is 15.9 Å². The van der Waals surface area contributed by atoms with Crippen LogP contribution in [0.25, 0.3) is 10.4 Å². The average Bonchev–Trinajstić information content (AvgIpc) is 2.85. The Bertz CT molecular complexity index is 563. The maximum absolute atomic E-state index is 9.13. The number of aliphatic hydroxyl groups excluding tert-OH is 2. The molecule has 0 aliphatic carbocycles. The SMILES string of the molecule is Cc1ccsc1-c1cc(N(CCO)CCO)ccc1N. The first-order valence-corrected chi connectivity index (χ1v) is 7.46. The lowest BCUT2D eigenvalue weighted by atomic mass is 10.1. The highest BCUT2D eigenvalue weighted by Crippen LogP contribution is 2.35. The van der Waals surface area contributed by atoms with Crippen molar-refractivity contribution in [3.8, 4) is 10.4 Å². The molecule has 108 valence electrons. The van der Waals surface area contributed by atoms with Gasteiger partial charge in [-0.25, -0.2) is 0 Å². The lowest BCUT2D eigenvalue weighted by molar-refractivity contribution is 0.281. The Hall–Kier alpha value is -1.56. The van der Waals surface area contributed by atoms with Crippen molar-refractivity contribution < 1.29 is 10.2 Å². The summed E-state index contributed by atoms with van der Waals surface area (Å²) in [6.07, 6.45) is 0. The number of aryl methyl sites for hydroxylation is 1. The zero-order valence-corrected chi connectivity index (χ0v) is 12.4. The zero-order chi connectivity index (χ0) is 14.5. The summed E-state index contributed by atoms with van der Waals surface area (Å²) >= 11 is 1.67. The molecule has 0 unspecified atom stereocenters. The van der Waals surface area contributed by atoms with Gasteiger partial charge in [0, 0.05) is 34.9 Å². The van der Waals surface area contributed by atoms with Crippen molar-refractivity contribution in [2.45, 2.75) is 6.92 Å². The first kappa shape index (κ1) is 14.8. The zero-order valence-electron chi connectivity index (χ0n) is 11.5. The van der Waals surface area contributed by atoms with Gasteiger partial charge in [-0.05, 0) is 42.1 Å². The lowest BCUT2D eigenvalue weighted by Crippen LogP contribution is -2.29. The molecule has 2 aromatic rings. The summed E-state index contributed by atoms with van der Waals surface area (Å²) in [7, 11) is 0. The molecular weight excluding hydrogens is 272 g/mol. The number of aliphatic hydroxyl groups is 2. The normalized spacial score (nSPS) is 10.8. The molecule has 20 heavy (non-hydrogen) atoms. The fraction of sp³-hybridized carbons (Fsp3) is 0.333. The minimum absolute atomic E-state index is 0.0533. The van der Waals surface area contributed by atoms with Crippen molar-refractivity contribution >= 4 is 22.7 Å². The van der Waals surface area contributed by atoms with Gasteiger partial charge in [-0.1, -0.05) is 0 Å². The van der Waals surface area contributed by atoms with Crippen LogP contribution >= 0.6 is 11.3 Å². The molecule has 0 aliphatic rings. The van der Waals surface area contributed by atoms with Crippen LogP contribution < -0.4 is 10.6 Å².